The van der Waals surface area contributed by atoms with Crippen molar-refractivity contribution in [3.63, 3.8) is 0 Å². The number of nitrogens with zero attached hydrogens (tertiary/aromatic N) is 2. The number of aromatic nitrogens is 2. The first-order valence-corrected chi connectivity index (χ1v) is 6.65. The van der Waals surface area contributed by atoms with Crippen LogP contribution in [0.4, 0.5) is 10.3 Å². The highest BCUT2D eigenvalue weighted by atomic mass is 19.1. The van der Waals surface area contributed by atoms with E-state index in [-0.39, 0.29) is 11.8 Å². The lowest BCUT2D eigenvalue weighted by molar-refractivity contribution is 0.415. The van der Waals surface area contributed by atoms with E-state index >= 15 is 0 Å². The largest absolute Gasteiger partial charge is 0.436 e. The standard InChI is InChI=1S/C15H18FN3O/c1-4-17-15-18-9-12(16)14(19-15)20-13-8-6-5-7-11(13)10(2)3/h5-10H,4H2,1-3H3,(H,17,18,19). The maximum Gasteiger partial charge on any atom is 0.260 e. The Morgan fingerprint density at radius 1 is 1.30 bits per heavy atom. The van der Waals surface area contributed by atoms with Gasteiger partial charge in [0.25, 0.3) is 5.88 Å². The lowest BCUT2D eigenvalue weighted by Gasteiger charge is -2.13. The van der Waals surface area contributed by atoms with Gasteiger partial charge < -0.3 is 10.1 Å². The molecule has 4 nitrogen and oxygen atoms in total. The molecule has 0 saturated heterocycles. The van der Waals surface area contributed by atoms with Crippen LogP contribution in [0.2, 0.25) is 0 Å². The molecule has 0 radical (unpaired) electrons. The summed E-state index contributed by atoms with van der Waals surface area (Å²) in [6.45, 7) is 6.69. The highest BCUT2D eigenvalue weighted by Gasteiger charge is 2.13. The molecule has 2 aromatic rings. The van der Waals surface area contributed by atoms with E-state index in [1.807, 2.05) is 31.2 Å². The molecule has 0 aliphatic carbocycles. The average Bonchev–Trinajstić information content (AvgIpc) is 2.43. The van der Waals surface area contributed by atoms with Gasteiger partial charge in [0.15, 0.2) is 0 Å². The first-order valence-electron chi connectivity index (χ1n) is 6.65. The molecule has 1 aromatic carbocycles. The quantitative estimate of drug-likeness (QED) is 0.897. The van der Waals surface area contributed by atoms with E-state index in [4.69, 9.17) is 4.74 Å². The fourth-order valence-electron chi connectivity index (χ4n) is 1.82. The normalized spacial score (nSPS) is 10.7. The van der Waals surface area contributed by atoms with Gasteiger partial charge in [-0.1, -0.05) is 32.0 Å². The van der Waals surface area contributed by atoms with Crippen LogP contribution in [0, 0.1) is 5.82 Å². The van der Waals surface area contributed by atoms with Crippen molar-refractivity contribution < 1.29 is 9.13 Å². The summed E-state index contributed by atoms with van der Waals surface area (Å²) >= 11 is 0. The van der Waals surface area contributed by atoms with Gasteiger partial charge in [-0.25, -0.2) is 4.98 Å². The molecule has 1 aromatic heterocycles. The van der Waals surface area contributed by atoms with E-state index in [1.54, 1.807) is 0 Å². The number of benzene rings is 1. The van der Waals surface area contributed by atoms with E-state index in [9.17, 15) is 4.39 Å². The minimum Gasteiger partial charge on any atom is -0.436 e. The molecule has 5 heteroatoms. The van der Waals surface area contributed by atoms with Crippen molar-refractivity contribution in [2.75, 3.05) is 11.9 Å². The molecule has 0 saturated carbocycles. The second kappa shape index (κ2) is 6.32. The number of ether oxygens (including phenoxy) is 1. The summed E-state index contributed by atoms with van der Waals surface area (Å²) in [5, 5.41) is 2.93. The minimum atomic E-state index is -0.579. The predicted molar refractivity (Wildman–Crippen MR) is 76.8 cm³/mol. The summed E-state index contributed by atoms with van der Waals surface area (Å²) < 4.78 is 19.4. The SMILES string of the molecule is CCNc1ncc(F)c(Oc2ccccc2C(C)C)n1. The topological polar surface area (TPSA) is 47.0 Å². The van der Waals surface area contributed by atoms with Crippen LogP contribution in [0.1, 0.15) is 32.3 Å². The van der Waals surface area contributed by atoms with Crippen LogP contribution in [-0.2, 0) is 0 Å². The summed E-state index contributed by atoms with van der Waals surface area (Å²) in [5.41, 5.74) is 1.01. The maximum atomic E-state index is 13.8. The Morgan fingerprint density at radius 3 is 2.75 bits per heavy atom. The minimum absolute atomic E-state index is 0.0657. The van der Waals surface area contributed by atoms with Crippen LogP contribution in [0.25, 0.3) is 0 Å². The molecule has 0 bridgehead atoms. The molecule has 0 aliphatic heterocycles. The Kier molecular flexibility index (Phi) is 4.50. The maximum absolute atomic E-state index is 13.8. The van der Waals surface area contributed by atoms with Crippen LogP contribution in [0.5, 0.6) is 11.6 Å². The lowest BCUT2D eigenvalue weighted by Crippen LogP contribution is -2.04. The highest BCUT2D eigenvalue weighted by molar-refractivity contribution is 5.39. The van der Waals surface area contributed by atoms with E-state index in [0.717, 1.165) is 11.8 Å². The number of halogens is 1. The molecule has 0 spiro atoms. The Labute approximate surface area is 118 Å². The van der Waals surface area contributed by atoms with Gasteiger partial charge in [0.05, 0.1) is 6.20 Å². The van der Waals surface area contributed by atoms with Crippen molar-refractivity contribution in [1.29, 1.82) is 0 Å². The van der Waals surface area contributed by atoms with Crippen molar-refractivity contribution in [1.82, 2.24) is 9.97 Å². The molecule has 20 heavy (non-hydrogen) atoms. The predicted octanol–water partition coefficient (Wildman–Crippen LogP) is 3.96. The number of para-hydroxylation sites is 1. The first kappa shape index (κ1) is 14.2. The van der Waals surface area contributed by atoms with Crippen LogP contribution in [0.15, 0.2) is 30.5 Å². The molecule has 1 heterocycles. The van der Waals surface area contributed by atoms with Crippen molar-refractivity contribution in [3.05, 3.63) is 41.8 Å². The zero-order valence-electron chi connectivity index (χ0n) is 11.9. The fourth-order valence-corrected chi connectivity index (χ4v) is 1.82. The average molecular weight is 275 g/mol. The third-order valence-corrected chi connectivity index (χ3v) is 2.79. The van der Waals surface area contributed by atoms with Crippen LogP contribution in [0.3, 0.4) is 0 Å². The number of anilines is 1. The molecular formula is C15H18FN3O. The van der Waals surface area contributed by atoms with Crippen LogP contribution in [-0.4, -0.2) is 16.5 Å². The number of nitrogens with one attached hydrogen (secondary N) is 1. The molecule has 0 unspecified atom stereocenters. The van der Waals surface area contributed by atoms with Gasteiger partial charge >= 0.3 is 0 Å². The summed E-state index contributed by atoms with van der Waals surface area (Å²) in [7, 11) is 0. The Hall–Kier alpha value is -2.17. The summed E-state index contributed by atoms with van der Waals surface area (Å²) in [6, 6.07) is 7.56. The molecule has 0 fully saturated rings. The second-order valence-corrected chi connectivity index (χ2v) is 4.67. The monoisotopic (exact) mass is 275 g/mol. The van der Waals surface area contributed by atoms with Gasteiger partial charge in [-0.15, -0.1) is 0 Å². The van der Waals surface area contributed by atoms with Gasteiger partial charge in [0.2, 0.25) is 11.8 Å². The van der Waals surface area contributed by atoms with Gasteiger partial charge in [-0.3, -0.25) is 0 Å². The zero-order chi connectivity index (χ0) is 14.5. The van der Waals surface area contributed by atoms with Crippen molar-refractivity contribution in [2.24, 2.45) is 0 Å². The highest BCUT2D eigenvalue weighted by Crippen LogP contribution is 2.30. The van der Waals surface area contributed by atoms with E-state index in [2.05, 4.69) is 29.1 Å². The van der Waals surface area contributed by atoms with Crippen LogP contribution < -0.4 is 10.1 Å². The molecule has 0 amide bonds. The number of hydrogen-bond acceptors (Lipinski definition) is 4. The van der Waals surface area contributed by atoms with Crippen molar-refractivity contribution in [3.8, 4) is 11.6 Å². The third-order valence-electron chi connectivity index (χ3n) is 2.79. The van der Waals surface area contributed by atoms with Gasteiger partial charge in [0, 0.05) is 6.54 Å². The van der Waals surface area contributed by atoms with Crippen LogP contribution >= 0.6 is 0 Å². The van der Waals surface area contributed by atoms with E-state index in [0.29, 0.717) is 18.2 Å². The molecule has 106 valence electrons. The number of rotatable bonds is 5. The summed E-state index contributed by atoms with van der Waals surface area (Å²) in [5.74, 6) is 0.604. The zero-order valence-corrected chi connectivity index (χ0v) is 11.9. The van der Waals surface area contributed by atoms with Gasteiger partial charge in [-0.05, 0) is 24.5 Å². The molecule has 2 rings (SSSR count). The molecule has 0 aliphatic rings. The van der Waals surface area contributed by atoms with Crippen molar-refractivity contribution in [2.45, 2.75) is 26.7 Å². The molecule has 1 N–H and O–H groups in total. The van der Waals surface area contributed by atoms with Gasteiger partial charge in [0.1, 0.15) is 5.75 Å². The Balaban J connectivity index is 2.32. The number of hydrogen-bond donors (Lipinski definition) is 1. The third kappa shape index (κ3) is 3.23. The molecular weight excluding hydrogens is 257 g/mol. The van der Waals surface area contributed by atoms with E-state index in [1.165, 1.54) is 0 Å². The Morgan fingerprint density at radius 2 is 2.05 bits per heavy atom. The molecule has 0 atom stereocenters. The summed E-state index contributed by atoms with van der Waals surface area (Å²) in [4.78, 5) is 7.89. The first-order chi connectivity index (χ1) is 9.61. The smallest absolute Gasteiger partial charge is 0.260 e. The van der Waals surface area contributed by atoms with Crippen molar-refractivity contribution >= 4 is 5.95 Å². The lowest BCUT2D eigenvalue weighted by atomic mass is 10.0. The second-order valence-electron chi connectivity index (χ2n) is 4.67. The Bertz CT molecular complexity index is 587. The van der Waals surface area contributed by atoms with E-state index < -0.39 is 5.82 Å². The summed E-state index contributed by atoms with van der Waals surface area (Å²) in [6.07, 6.45) is 1.11. The fraction of sp³-hybridized carbons (Fsp3) is 0.333. The van der Waals surface area contributed by atoms with Gasteiger partial charge in [-0.2, -0.15) is 9.37 Å².